The highest BCUT2D eigenvalue weighted by Gasteiger charge is 2.16. The largest absolute Gasteiger partial charge is 0.379 e. The second-order valence-corrected chi connectivity index (χ2v) is 5.54. The van der Waals surface area contributed by atoms with Crippen molar-refractivity contribution < 1.29 is 4.74 Å². The van der Waals surface area contributed by atoms with Crippen LogP contribution in [0.4, 0.5) is 0 Å². The Morgan fingerprint density at radius 1 is 1.29 bits per heavy atom. The van der Waals surface area contributed by atoms with E-state index in [1.165, 1.54) is 0 Å². The number of nitrogens with one attached hydrogen (secondary N) is 2. The Morgan fingerprint density at radius 2 is 2.00 bits per heavy atom. The molecule has 0 amide bonds. The molecule has 0 aromatic carbocycles. The van der Waals surface area contributed by atoms with Gasteiger partial charge in [0.05, 0.1) is 19.8 Å². The molecule has 1 saturated heterocycles. The molecule has 0 aliphatic carbocycles. The van der Waals surface area contributed by atoms with Gasteiger partial charge in [-0.25, -0.2) is 0 Å². The highest BCUT2D eigenvalue weighted by atomic mass is 16.5. The lowest BCUT2D eigenvalue weighted by Gasteiger charge is -2.31. The van der Waals surface area contributed by atoms with Gasteiger partial charge < -0.3 is 20.3 Å². The Labute approximate surface area is 129 Å². The first-order valence-electron chi connectivity index (χ1n) is 8.19. The molecule has 0 aromatic rings. The van der Waals surface area contributed by atoms with E-state index in [1.54, 1.807) is 0 Å². The van der Waals surface area contributed by atoms with Gasteiger partial charge in [0.1, 0.15) is 0 Å². The molecule has 2 N–H and O–H groups in total. The molecule has 1 aliphatic rings. The molecule has 0 radical (unpaired) electrons. The van der Waals surface area contributed by atoms with Crippen molar-refractivity contribution in [3.8, 4) is 0 Å². The molecule has 1 fully saturated rings. The van der Waals surface area contributed by atoms with Crippen LogP contribution in [0, 0.1) is 0 Å². The summed E-state index contributed by atoms with van der Waals surface area (Å²) in [6, 6.07) is 0.461. The summed E-state index contributed by atoms with van der Waals surface area (Å²) in [5.74, 6) is 0.919. The number of morpholine rings is 1. The first-order chi connectivity index (χ1) is 10.2. The van der Waals surface area contributed by atoms with Gasteiger partial charge in [-0.2, -0.15) is 0 Å². The molecule has 0 spiro atoms. The van der Waals surface area contributed by atoms with E-state index in [4.69, 9.17) is 9.73 Å². The smallest absolute Gasteiger partial charge is 0.191 e. The molecule has 1 aliphatic heterocycles. The van der Waals surface area contributed by atoms with Crippen LogP contribution in [0.3, 0.4) is 0 Å². The van der Waals surface area contributed by atoms with Gasteiger partial charge in [-0.1, -0.05) is 6.92 Å². The Kier molecular flexibility index (Phi) is 9.37. The highest BCUT2D eigenvalue weighted by Crippen LogP contribution is 2.03. The van der Waals surface area contributed by atoms with Crippen LogP contribution in [0.25, 0.3) is 0 Å². The number of guanidine groups is 1. The maximum absolute atomic E-state index is 5.39. The summed E-state index contributed by atoms with van der Waals surface area (Å²) in [6.45, 7) is 15.0. The zero-order valence-electron chi connectivity index (χ0n) is 14.2. The number of rotatable bonds is 8. The molecule has 1 atom stereocenters. The van der Waals surface area contributed by atoms with Gasteiger partial charge in [0.2, 0.25) is 0 Å². The van der Waals surface area contributed by atoms with E-state index in [9.17, 15) is 0 Å². The number of likely N-dealkylation sites (N-methyl/N-ethyl adjacent to an activating group) is 1. The predicted molar refractivity (Wildman–Crippen MR) is 89.0 cm³/mol. The summed E-state index contributed by atoms with van der Waals surface area (Å²) in [4.78, 5) is 9.44. The number of aliphatic imine (C=N–C) groups is 1. The van der Waals surface area contributed by atoms with Crippen LogP contribution < -0.4 is 10.6 Å². The lowest BCUT2D eigenvalue weighted by atomic mass is 10.2. The third-order valence-corrected chi connectivity index (χ3v) is 3.85. The normalized spacial score (nSPS) is 18.8. The summed E-state index contributed by atoms with van der Waals surface area (Å²) in [7, 11) is 2.13. The molecule has 1 rings (SSSR count). The van der Waals surface area contributed by atoms with Crippen molar-refractivity contribution in [2.75, 3.05) is 66.1 Å². The van der Waals surface area contributed by atoms with E-state index in [-0.39, 0.29) is 0 Å². The number of hydrogen-bond acceptors (Lipinski definition) is 4. The van der Waals surface area contributed by atoms with Gasteiger partial charge in [0.25, 0.3) is 0 Å². The molecular formula is C15H33N5O. The minimum absolute atomic E-state index is 0.461. The zero-order chi connectivity index (χ0) is 15.5. The van der Waals surface area contributed by atoms with Gasteiger partial charge in [-0.15, -0.1) is 0 Å². The molecule has 0 bridgehead atoms. The standard InChI is InChI=1S/C15H33N5O/c1-5-16-15(17-7-8-19(4)6-2)18-13-14(3)20-9-11-21-12-10-20/h14H,5-13H2,1-4H3,(H2,16,17,18). The topological polar surface area (TPSA) is 52.1 Å². The van der Waals surface area contributed by atoms with Gasteiger partial charge in [0.15, 0.2) is 5.96 Å². The molecule has 1 unspecified atom stereocenters. The summed E-state index contributed by atoms with van der Waals surface area (Å²) >= 11 is 0. The van der Waals surface area contributed by atoms with Crippen LogP contribution in [0.5, 0.6) is 0 Å². The molecule has 0 saturated carbocycles. The van der Waals surface area contributed by atoms with E-state index < -0.39 is 0 Å². The van der Waals surface area contributed by atoms with Crippen molar-refractivity contribution in [3.05, 3.63) is 0 Å². The SMILES string of the molecule is CCNC(=NCC(C)N1CCOCC1)NCCN(C)CC. The fourth-order valence-corrected chi connectivity index (χ4v) is 2.22. The fraction of sp³-hybridized carbons (Fsp3) is 0.933. The quantitative estimate of drug-likeness (QED) is 0.496. The van der Waals surface area contributed by atoms with Crippen LogP contribution >= 0.6 is 0 Å². The van der Waals surface area contributed by atoms with Crippen LogP contribution in [0.1, 0.15) is 20.8 Å². The Hall–Kier alpha value is -0.850. The van der Waals surface area contributed by atoms with Crippen molar-refractivity contribution in [1.82, 2.24) is 20.4 Å². The molecule has 6 heteroatoms. The second kappa shape index (κ2) is 10.8. The second-order valence-electron chi connectivity index (χ2n) is 5.54. The van der Waals surface area contributed by atoms with Gasteiger partial charge in [-0.3, -0.25) is 9.89 Å². The van der Waals surface area contributed by atoms with Crippen molar-refractivity contribution in [3.63, 3.8) is 0 Å². The average molecular weight is 299 g/mol. The van der Waals surface area contributed by atoms with Crippen LogP contribution in [-0.2, 0) is 4.74 Å². The molecule has 21 heavy (non-hydrogen) atoms. The van der Waals surface area contributed by atoms with E-state index in [2.05, 4.69) is 48.3 Å². The first kappa shape index (κ1) is 18.2. The summed E-state index contributed by atoms with van der Waals surface area (Å²) < 4.78 is 5.39. The summed E-state index contributed by atoms with van der Waals surface area (Å²) in [6.07, 6.45) is 0. The average Bonchev–Trinajstić information content (AvgIpc) is 2.52. The van der Waals surface area contributed by atoms with Gasteiger partial charge in [-0.05, 0) is 27.4 Å². The highest BCUT2D eigenvalue weighted by molar-refractivity contribution is 5.79. The molecule has 0 aromatic heterocycles. The molecule has 1 heterocycles. The Morgan fingerprint density at radius 3 is 2.62 bits per heavy atom. The van der Waals surface area contributed by atoms with E-state index in [1.807, 2.05) is 0 Å². The zero-order valence-corrected chi connectivity index (χ0v) is 14.2. The first-order valence-corrected chi connectivity index (χ1v) is 8.19. The van der Waals surface area contributed by atoms with Crippen molar-refractivity contribution in [2.24, 2.45) is 4.99 Å². The molecular weight excluding hydrogens is 266 g/mol. The Bertz CT molecular complexity index is 292. The van der Waals surface area contributed by atoms with E-state index >= 15 is 0 Å². The maximum atomic E-state index is 5.39. The van der Waals surface area contributed by atoms with Gasteiger partial charge >= 0.3 is 0 Å². The summed E-state index contributed by atoms with van der Waals surface area (Å²) in [5.41, 5.74) is 0. The van der Waals surface area contributed by atoms with Gasteiger partial charge in [0, 0.05) is 38.8 Å². The summed E-state index contributed by atoms with van der Waals surface area (Å²) in [5, 5.41) is 6.71. The Balaban J connectivity index is 2.35. The third-order valence-electron chi connectivity index (χ3n) is 3.85. The van der Waals surface area contributed by atoms with Crippen LogP contribution in [-0.4, -0.2) is 87.9 Å². The lowest BCUT2D eigenvalue weighted by molar-refractivity contribution is 0.0220. The third kappa shape index (κ3) is 7.64. The van der Waals surface area contributed by atoms with E-state index in [0.717, 1.165) is 65.0 Å². The lowest BCUT2D eigenvalue weighted by Crippen LogP contribution is -2.45. The maximum Gasteiger partial charge on any atom is 0.191 e. The fourth-order valence-electron chi connectivity index (χ4n) is 2.22. The predicted octanol–water partition coefficient (Wildman–Crippen LogP) is 0.214. The van der Waals surface area contributed by atoms with Crippen LogP contribution in [0.15, 0.2) is 4.99 Å². The van der Waals surface area contributed by atoms with E-state index in [0.29, 0.717) is 6.04 Å². The number of hydrogen-bond donors (Lipinski definition) is 2. The molecule has 124 valence electrons. The van der Waals surface area contributed by atoms with Crippen molar-refractivity contribution in [2.45, 2.75) is 26.8 Å². The van der Waals surface area contributed by atoms with Crippen molar-refractivity contribution >= 4 is 5.96 Å². The number of ether oxygens (including phenoxy) is 1. The monoisotopic (exact) mass is 299 g/mol. The van der Waals surface area contributed by atoms with Crippen LogP contribution in [0.2, 0.25) is 0 Å². The minimum atomic E-state index is 0.461. The number of nitrogens with zero attached hydrogens (tertiary/aromatic N) is 3. The van der Waals surface area contributed by atoms with Crippen molar-refractivity contribution in [1.29, 1.82) is 0 Å². The molecule has 6 nitrogen and oxygen atoms in total. The minimum Gasteiger partial charge on any atom is -0.379 e.